The number of aliphatic hydroxyl groups is 1. The summed E-state index contributed by atoms with van der Waals surface area (Å²) in [5.41, 5.74) is 2.44. The van der Waals surface area contributed by atoms with Crippen molar-refractivity contribution in [3.8, 4) is 0 Å². The molecule has 0 amide bonds. The fourth-order valence-electron chi connectivity index (χ4n) is 9.01. The smallest absolute Gasteiger partial charge is 0.0574 e. The van der Waals surface area contributed by atoms with Gasteiger partial charge in [-0.3, -0.25) is 0 Å². The fraction of sp³-hybridized carbons (Fsp3) is 0.704. The Morgan fingerprint density at radius 2 is 1.60 bits per heavy atom. The molecule has 4 aliphatic carbocycles. The maximum absolute atomic E-state index is 10.3. The van der Waals surface area contributed by atoms with E-state index in [4.69, 9.17) is 0 Å². The van der Waals surface area contributed by atoms with Gasteiger partial charge in [-0.05, 0) is 110 Å². The average Bonchev–Trinajstić information content (AvgIpc) is 3.11. The van der Waals surface area contributed by atoms with Gasteiger partial charge in [-0.25, -0.2) is 0 Å². The molecule has 1 aromatic heterocycles. The molecule has 3 heteroatoms. The van der Waals surface area contributed by atoms with Crippen molar-refractivity contribution in [3.63, 3.8) is 0 Å². The molecule has 3 nitrogen and oxygen atoms in total. The van der Waals surface area contributed by atoms with Gasteiger partial charge in [0.25, 0.3) is 0 Å². The second-order valence-corrected chi connectivity index (χ2v) is 11.6. The van der Waals surface area contributed by atoms with Gasteiger partial charge in [0.05, 0.1) is 18.5 Å². The van der Waals surface area contributed by atoms with Crippen LogP contribution in [0, 0.1) is 34.5 Å². The molecule has 4 saturated carbocycles. The molecule has 1 N–H and O–H groups in total. The molecule has 0 radical (unpaired) electrons. The van der Waals surface area contributed by atoms with E-state index in [-0.39, 0.29) is 6.10 Å². The van der Waals surface area contributed by atoms with E-state index in [1.165, 1.54) is 61.3 Å². The Hall–Kier alpha value is -1.48. The highest BCUT2D eigenvalue weighted by Gasteiger charge is 2.60. The lowest BCUT2D eigenvalue weighted by Crippen LogP contribution is -2.53. The quantitative estimate of drug-likeness (QED) is 0.623. The van der Waals surface area contributed by atoms with Crippen molar-refractivity contribution < 1.29 is 5.11 Å². The first-order valence-electron chi connectivity index (χ1n) is 12.4. The first kappa shape index (κ1) is 19.2. The van der Waals surface area contributed by atoms with E-state index in [0.717, 1.165) is 36.5 Å². The highest BCUT2D eigenvalue weighted by molar-refractivity contribution is 5.81. The zero-order valence-corrected chi connectivity index (χ0v) is 18.6. The van der Waals surface area contributed by atoms with Crippen LogP contribution in [0.5, 0.6) is 0 Å². The fourth-order valence-corrected chi connectivity index (χ4v) is 9.01. The van der Waals surface area contributed by atoms with Gasteiger partial charge in [-0.2, -0.15) is 10.2 Å². The summed E-state index contributed by atoms with van der Waals surface area (Å²) < 4.78 is 0. The Bertz CT molecular complexity index is 959. The third kappa shape index (κ3) is 2.66. The van der Waals surface area contributed by atoms with Crippen molar-refractivity contribution in [2.45, 2.75) is 83.7 Å². The summed E-state index contributed by atoms with van der Waals surface area (Å²) in [5, 5.41) is 20.9. The maximum atomic E-state index is 10.3. The lowest BCUT2D eigenvalue weighted by Gasteiger charge is -2.61. The second-order valence-electron chi connectivity index (χ2n) is 11.6. The summed E-state index contributed by atoms with van der Waals surface area (Å²) in [4.78, 5) is 0. The van der Waals surface area contributed by atoms with Crippen LogP contribution in [-0.2, 0) is 0 Å². The van der Waals surface area contributed by atoms with Crippen LogP contribution in [0.2, 0.25) is 0 Å². The van der Waals surface area contributed by atoms with Crippen LogP contribution in [0.25, 0.3) is 10.8 Å². The number of aliphatic hydroxyl groups excluding tert-OH is 1. The van der Waals surface area contributed by atoms with Crippen molar-refractivity contribution in [2.75, 3.05) is 0 Å². The summed E-state index contributed by atoms with van der Waals surface area (Å²) in [7, 11) is 0. The summed E-state index contributed by atoms with van der Waals surface area (Å²) in [6.07, 6.45) is 15.4. The molecule has 8 atom stereocenters. The van der Waals surface area contributed by atoms with Crippen molar-refractivity contribution in [3.05, 3.63) is 36.2 Å². The zero-order chi connectivity index (χ0) is 20.5. The summed E-state index contributed by atoms with van der Waals surface area (Å²) in [6.45, 7) is 5.22. The molecular weight excluding hydrogens is 368 g/mol. The molecular formula is C27H36N2O. The highest BCUT2D eigenvalue weighted by Crippen LogP contribution is 2.69. The number of benzene rings is 1. The predicted molar refractivity (Wildman–Crippen MR) is 120 cm³/mol. The van der Waals surface area contributed by atoms with Gasteiger partial charge in [-0.1, -0.05) is 26.0 Å². The van der Waals surface area contributed by atoms with Crippen LogP contribution in [-0.4, -0.2) is 21.4 Å². The first-order valence-corrected chi connectivity index (χ1v) is 12.4. The molecule has 1 heterocycles. The van der Waals surface area contributed by atoms with Crippen molar-refractivity contribution in [1.82, 2.24) is 10.2 Å². The Balaban J connectivity index is 1.31. The van der Waals surface area contributed by atoms with Crippen LogP contribution >= 0.6 is 0 Å². The third-order valence-electron chi connectivity index (χ3n) is 10.6. The van der Waals surface area contributed by atoms with Crippen LogP contribution in [0.3, 0.4) is 0 Å². The molecule has 4 aliphatic rings. The zero-order valence-electron chi connectivity index (χ0n) is 18.6. The van der Waals surface area contributed by atoms with Gasteiger partial charge >= 0.3 is 0 Å². The number of fused-ring (bicyclic) bond motifs is 6. The molecule has 0 saturated heterocycles. The lowest BCUT2D eigenvalue weighted by molar-refractivity contribution is -0.122. The van der Waals surface area contributed by atoms with Crippen molar-refractivity contribution >= 4 is 10.8 Å². The van der Waals surface area contributed by atoms with E-state index in [0.29, 0.717) is 16.7 Å². The number of hydrogen-bond donors (Lipinski definition) is 1. The molecule has 0 unspecified atom stereocenters. The SMILES string of the molecule is C[C@]12CC[C@@H](O)C[C@@H]1CC[C@@H]1[C@@H]2CC[C@]2(C)[C@@H](c3ccc4cnncc4c3)CC[C@@H]12. The van der Waals surface area contributed by atoms with E-state index < -0.39 is 0 Å². The maximum Gasteiger partial charge on any atom is 0.0574 e. The van der Waals surface area contributed by atoms with Gasteiger partial charge in [0.2, 0.25) is 0 Å². The van der Waals surface area contributed by atoms with Crippen molar-refractivity contribution in [1.29, 1.82) is 0 Å². The Labute approximate surface area is 180 Å². The van der Waals surface area contributed by atoms with E-state index in [2.05, 4.69) is 42.2 Å². The van der Waals surface area contributed by atoms with E-state index in [1.807, 2.05) is 12.4 Å². The molecule has 0 spiro atoms. The molecule has 0 bridgehead atoms. The Morgan fingerprint density at radius 1 is 0.833 bits per heavy atom. The molecule has 1 aromatic carbocycles. The monoisotopic (exact) mass is 404 g/mol. The number of aromatic nitrogens is 2. The molecule has 0 aliphatic heterocycles. The molecule has 4 fully saturated rings. The van der Waals surface area contributed by atoms with E-state index >= 15 is 0 Å². The van der Waals surface area contributed by atoms with Crippen LogP contribution in [0.15, 0.2) is 30.6 Å². The molecule has 6 rings (SSSR count). The van der Waals surface area contributed by atoms with Gasteiger partial charge in [0.15, 0.2) is 0 Å². The number of rotatable bonds is 1. The van der Waals surface area contributed by atoms with Crippen LogP contribution in [0.4, 0.5) is 0 Å². The summed E-state index contributed by atoms with van der Waals surface area (Å²) >= 11 is 0. The van der Waals surface area contributed by atoms with Crippen LogP contribution in [0.1, 0.15) is 83.1 Å². The normalized spacial score (nSPS) is 45.6. The summed E-state index contributed by atoms with van der Waals surface area (Å²) in [5.74, 6) is 4.09. The molecule has 160 valence electrons. The minimum Gasteiger partial charge on any atom is -0.393 e. The largest absolute Gasteiger partial charge is 0.393 e. The first-order chi connectivity index (χ1) is 14.5. The third-order valence-corrected chi connectivity index (χ3v) is 10.6. The minimum atomic E-state index is -0.0399. The van der Waals surface area contributed by atoms with Crippen LogP contribution < -0.4 is 0 Å². The van der Waals surface area contributed by atoms with Gasteiger partial charge < -0.3 is 5.11 Å². The molecule has 2 aromatic rings. The van der Waals surface area contributed by atoms with Gasteiger partial charge in [-0.15, -0.1) is 0 Å². The minimum absolute atomic E-state index is 0.0399. The predicted octanol–water partition coefficient (Wildman–Crippen LogP) is 6.12. The highest BCUT2D eigenvalue weighted by atomic mass is 16.3. The Kier molecular flexibility index (Phi) is 4.33. The van der Waals surface area contributed by atoms with Gasteiger partial charge in [0.1, 0.15) is 0 Å². The van der Waals surface area contributed by atoms with E-state index in [1.54, 1.807) is 0 Å². The Morgan fingerprint density at radius 3 is 2.47 bits per heavy atom. The topological polar surface area (TPSA) is 46.0 Å². The van der Waals surface area contributed by atoms with Crippen molar-refractivity contribution in [2.24, 2.45) is 34.5 Å². The lowest BCUT2D eigenvalue weighted by atomic mass is 9.44. The second kappa shape index (κ2) is 6.76. The molecule has 30 heavy (non-hydrogen) atoms. The number of hydrogen-bond acceptors (Lipinski definition) is 3. The standard InChI is InChI=1S/C27H36N2O/c1-26-11-9-21(30)14-20(26)5-6-22-24-8-7-23(27(24,2)12-10-25(22)26)17-3-4-18-15-28-29-16-19(18)13-17/h3-4,13,15-16,20-25,30H,5-12,14H2,1-2H3/t20-,21+,22-,23+,24-,25-,26-,27+/m0/s1. The average molecular weight is 405 g/mol. The number of nitrogens with zero attached hydrogens (tertiary/aromatic N) is 2. The van der Waals surface area contributed by atoms with Gasteiger partial charge in [0, 0.05) is 10.8 Å². The van der Waals surface area contributed by atoms with E-state index in [9.17, 15) is 5.11 Å². The summed E-state index contributed by atoms with van der Waals surface area (Å²) in [6, 6.07) is 7.02.